The monoisotopic (exact) mass is 443 g/mol. The van der Waals surface area contributed by atoms with E-state index in [4.69, 9.17) is 5.11 Å². The predicted molar refractivity (Wildman–Crippen MR) is 122 cm³/mol. The molecule has 1 amide bonds. The Morgan fingerprint density at radius 2 is 1.61 bits per heavy atom. The van der Waals surface area contributed by atoms with Gasteiger partial charge in [0.2, 0.25) is 0 Å². The first-order valence-electron chi connectivity index (χ1n) is 10.3. The van der Waals surface area contributed by atoms with Crippen molar-refractivity contribution in [3.8, 4) is 5.75 Å². The van der Waals surface area contributed by atoms with Crippen molar-refractivity contribution in [1.29, 1.82) is 0 Å². The van der Waals surface area contributed by atoms with Gasteiger partial charge in [-0.15, -0.1) is 0 Å². The van der Waals surface area contributed by atoms with Crippen molar-refractivity contribution in [2.75, 3.05) is 6.54 Å². The lowest BCUT2D eigenvalue weighted by atomic mass is 9.85. The van der Waals surface area contributed by atoms with Crippen LogP contribution in [0.15, 0.2) is 77.7 Å². The topological polar surface area (TPSA) is 132 Å². The van der Waals surface area contributed by atoms with Crippen LogP contribution < -0.4 is 10.9 Å². The molecule has 0 spiro atoms. The minimum Gasteiger partial charge on any atom is -0.505 e. The normalized spacial score (nSPS) is 10.9. The number of nitrogens with one attached hydrogen (secondary N) is 2. The molecule has 0 atom stereocenters. The van der Waals surface area contributed by atoms with Gasteiger partial charge in [-0.1, -0.05) is 60.7 Å². The number of aromatic hydroxyl groups is 1. The summed E-state index contributed by atoms with van der Waals surface area (Å²) in [5.41, 5.74) is 1.89. The molecule has 8 nitrogen and oxygen atoms in total. The molecule has 0 aliphatic carbocycles. The molecule has 166 valence electrons. The number of aliphatic carboxylic acids is 1. The molecule has 4 rings (SSSR count). The predicted octanol–water partition coefficient (Wildman–Crippen LogP) is 3.01. The van der Waals surface area contributed by atoms with Crippen LogP contribution in [-0.2, 0) is 4.79 Å². The number of pyridine rings is 2. The van der Waals surface area contributed by atoms with Crippen molar-refractivity contribution in [2.24, 2.45) is 0 Å². The third-order valence-electron chi connectivity index (χ3n) is 5.32. The van der Waals surface area contributed by atoms with Gasteiger partial charge in [-0.05, 0) is 17.2 Å². The number of benzene rings is 2. The molecule has 0 saturated heterocycles. The fourth-order valence-corrected chi connectivity index (χ4v) is 3.77. The number of hydrogen-bond acceptors (Lipinski definition) is 5. The van der Waals surface area contributed by atoms with Crippen LogP contribution in [0.4, 0.5) is 0 Å². The molecule has 2 aromatic heterocycles. The van der Waals surface area contributed by atoms with Crippen molar-refractivity contribution in [1.82, 2.24) is 15.3 Å². The Bertz CT molecular complexity index is 1330. The summed E-state index contributed by atoms with van der Waals surface area (Å²) in [5.74, 6) is -2.55. The lowest BCUT2D eigenvalue weighted by Crippen LogP contribution is -2.27. The van der Waals surface area contributed by atoms with Crippen molar-refractivity contribution in [2.45, 2.75) is 12.3 Å². The average Bonchev–Trinajstić information content (AvgIpc) is 2.81. The molecule has 8 heteroatoms. The number of carboxylic acids is 1. The van der Waals surface area contributed by atoms with Gasteiger partial charge in [0.15, 0.2) is 11.4 Å². The molecule has 0 saturated carbocycles. The van der Waals surface area contributed by atoms with Crippen molar-refractivity contribution in [3.63, 3.8) is 0 Å². The second-order valence-electron chi connectivity index (χ2n) is 7.49. The van der Waals surface area contributed by atoms with Crippen molar-refractivity contribution >= 4 is 22.8 Å². The first kappa shape index (κ1) is 21.8. The number of nitrogens with zero attached hydrogens (tertiary/aromatic N) is 1. The van der Waals surface area contributed by atoms with Crippen LogP contribution in [0.1, 0.15) is 39.5 Å². The van der Waals surface area contributed by atoms with E-state index >= 15 is 0 Å². The maximum Gasteiger partial charge on any atom is 0.305 e. The number of aromatic amines is 1. The highest BCUT2D eigenvalue weighted by molar-refractivity contribution is 6.00. The van der Waals surface area contributed by atoms with Crippen LogP contribution in [0.25, 0.3) is 10.9 Å². The number of carboxylic acid groups (broad SMARTS) is 1. The third-order valence-corrected chi connectivity index (χ3v) is 5.32. The maximum atomic E-state index is 13.1. The highest BCUT2D eigenvalue weighted by Gasteiger charge is 2.23. The van der Waals surface area contributed by atoms with E-state index in [1.54, 1.807) is 6.07 Å². The smallest absolute Gasteiger partial charge is 0.305 e. The van der Waals surface area contributed by atoms with E-state index in [9.17, 15) is 19.5 Å². The molecule has 0 radical (unpaired) electrons. The van der Waals surface area contributed by atoms with E-state index in [1.165, 1.54) is 6.20 Å². The molecule has 2 aromatic carbocycles. The molecule has 0 bridgehead atoms. The molecule has 4 aromatic rings. The fourth-order valence-electron chi connectivity index (χ4n) is 3.77. The van der Waals surface area contributed by atoms with Crippen LogP contribution in [0.3, 0.4) is 0 Å². The van der Waals surface area contributed by atoms with Gasteiger partial charge in [0.25, 0.3) is 11.5 Å². The van der Waals surface area contributed by atoms with Gasteiger partial charge in [-0.2, -0.15) is 0 Å². The van der Waals surface area contributed by atoms with E-state index in [2.05, 4.69) is 15.3 Å². The summed E-state index contributed by atoms with van der Waals surface area (Å²) in [6.07, 6.45) is 1.04. The van der Waals surface area contributed by atoms with Crippen molar-refractivity contribution < 1.29 is 19.8 Å². The molecular formula is C25H21N3O5. The second kappa shape index (κ2) is 9.35. The SMILES string of the molecule is O=C(O)CCNC(=O)c1ncc2[nH]c(=O)c(C(c3ccccc3)c3ccccc3)cc2c1O. The van der Waals surface area contributed by atoms with Crippen LogP contribution in [-0.4, -0.2) is 38.6 Å². The summed E-state index contributed by atoms with van der Waals surface area (Å²) in [6, 6.07) is 20.6. The van der Waals surface area contributed by atoms with Gasteiger partial charge < -0.3 is 20.5 Å². The van der Waals surface area contributed by atoms with Gasteiger partial charge >= 0.3 is 5.97 Å². The number of hydrogen-bond donors (Lipinski definition) is 4. The van der Waals surface area contributed by atoms with Gasteiger partial charge in [0.05, 0.1) is 18.1 Å². The lowest BCUT2D eigenvalue weighted by molar-refractivity contribution is -0.136. The van der Waals surface area contributed by atoms with E-state index in [-0.39, 0.29) is 35.1 Å². The van der Waals surface area contributed by atoms with Gasteiger partial charge in [-0.25, -0.2) is 4.98 Å². The Labute approximate surface area is 188 Å². The minimum atomic E-state index is -1.05. The van der Waals surface area contributed by atoms with E-state index in [1.807, 2.05) is 60.7 Å². The highest BCUT2D eigenvalue weighted by atomic mass is 16.4. The summed E-state index contributed by atoms with van der Waals surface area (Å²) in [7, 11) is 0. The average molecular weight is 443 g/mol. The van der Waals surface area contributed by atoms with Gasteiger partial charge in [0, 0.05) is 23.4 Å². The van der Waals surface area contributed by atoms with E-state index < -0.39 is 23.5 Å². The largest absolute Gasteiger partial charge is 0.505 e. The third kappa shape index (κ3) is 4.59. The Morgan fingerprint density at radius 3 is 2.18 bits per heavy atom. The zero-order valence-corrected chi connectivity index (χ0v) is 17.5. The van der Waals surface area contributed by atoms with Crippen molar-refractivity contribution in [3.05, 3.63) is 106 Å². The standard InChI is InChI=1S/C25H21N3O5/c29-20(30)11-12-26-25(33)22-23(31)17-13-18(24(32)28-19(17)14-27-22)21(15-7-3-1-4-8-15)16-9-5-2-6-10-16/h1-10,13-14,21,31H,11-12H2,(H,26,33)(H,28,32)(H,29,30). The Kier molecular flexibility index (Phi) is 6.17. The number of aromatic nitrogens is 2. The minimum absolute atomic E-state index is 0.103. The zero-order chi connectivity index (χ0) is 23.4. The second-order valence-corrected chi connectivity index (χ2v) is 7.49. The Hall–Kier alpha value is -4.46. The summed E-state index contributed by atoms with van der Waals surface area (Å²) in [6.45, 7) is -0.103. The first-order valence-corrected chi connectivity index (χ1v) is 10.3. The highest BCUT2D eigenvalue weighted by Crippen LogP contribution is 2.33. The Morgan fingerprint density at radius 1 is 1.00 bits per heavy atom. The molecule has 0 fully saturated rings. The number of fused-ring (bicyclic) bond motifs is 1. The molecular weight excluding hydrogens is 422 g/mol. The zero-order valence-electron chi connectivity index (χ0n) is 17.5. The van der Waals surface area contributed by atoms with Crippen LogP contribution in [0.2, 0.25) is 0 Å². The summed E-state index contributed by atoms with van der Waals surface area (Å²) in [5, 5.41) is 22.2. The number of rotatable bonds is 7. The summed E-state index contributed by atoms with van der Waals surface area (Å²) in [4.78, 5) is 42.9. The van der Waals surface area contributed by atoms with E-state index in [0.29, 0.717) is 5.56 Å². The Balaban J connectivity index is 1.82. The molecule has 0 aliphatic heterocycles. The summed E-state index contributed by atoms with van der Waals surface area (Å²) >= 11 is 0. The van der Waals surface area contributed by atoms with Gasteiger partial charge in [0.1, 0.15) is 0 Å². The van der Waals surface area contributed by atoms with Crippen LogP contribution in [0.5, 0.6) is 5.75 Å². The molecule has 2 heterocycles. The summed E-state index contributed by atoms with van der Waals surface area (Å²) < 4.78 is 0. The quantitative estimate of drug-likeness (QED) is 0.347. The molecule has 0 unspecified atom stereocenters. The maximum absolute atomic E-state index is 13.1. The van der Waals surface area contributed by atoms with E-state index in [0.717, 1.165) is 11.1 Å². The number of carbonyl (C=O) groups is 2. The number of carbonyl (C=O) groups excluding carboxylic acids is 1. The fraction of sp³-hybridized carbons (Fsp3) is 0.120. The van der Waals surface area contributed by atoms with Crippen LogP contribution in [0, 0.1) is 0 Å². The number of H-pyrrole nitrogens is 1. The lowest BCUT2D eigenvalue weighted by Gasteiger charge is -2.19. The number of amides is 1. The molecule has 33 heavy (non-hydrogen) atoms. The molecule has 0 aliphatic rings. The first-order chi connectivity index (χ1) is 16.0. The molecule has 4 N–H and O–H groups in total. The van der Waals surface area contributed by atoms with Gasteiger partial charge in [-0.3, -0.25) is 14.4 Å². The van der Waals surface area contributed by atoms with Crippen LogP contribution >= 0.6 is 0 Å².